The van der Waals surface area contributed by atoms with Gasteiger partial charge in [-0.15, -0.1) is 0 Å². The van der Waals surface area contributed by atoms with Crippen molar-refractivity contribution in [1.29, 1.82) is 0 Å². The van der Waals surface area contributed by atoms with Crippen molar-refractivity contribution in [2.45, 2.75) is 56.2 Å². The Kier molecular flexibility index (Phi) is 4.34. The molecule has 6 nitrogen and oxygen atoms in total. The van der Waals surface area contributed by atoms with E-state index in [1.54, 1.807) is 0 Å². The molecule has 3 atom stereocenters. The SMILES string of the molecule is CC1(C)Oc2cc(OS(=O)(=O)C(F)(F)F)cc(O)c2[C@@H]2C[C@@H](O)CC[C@H]21. The van der Waals surface area contributed by atoms with E-state index in [0.717, 1.165) is 12.1 Å². The predicted molar refractivity (Wildman–Crippen MR) is 84.5 cm³/mol. The fourth-order valence-electron chi connectivity index (χ4n) is 3.93. The van der Waals surface area contributed by atoms with E-state index in [2.05, 4.69) is 4.18 Å². The molecule has 0 amide bonds. The zero-order valence-electron chi connectivity index (χ0n) is 14.1. The van der Waals surface area contributed by atoms with Crippen LogP contribution in [-0.2, 0) is 10.1 Å². The summed E-state index contributed by atoms with van der Waals surface area (Å²) in [7, 11) is -5.86. The summed E-state index contributed by atoms with van der Waals surface area (Å²) in [4.78, 5) is 0. The standard InChI is InChI=1S/C16H19F3O6S/c1-15(2)11-4-3-8(20)5-10(11)14-12(21)6-9(7-13(14)24-15)25-26(22,23)16(17,18)19/h6-8,10-11,20-21H,3-5H2,1-2H3/t8-,10+,11+/m0/s1. The summed E-state index contributed by atoms with van der Waals surface area (Å²) < 4.78 is 69.9. The molecule has 1 aliphatic carbocycles. The van der Waals surface area contributed by atoms with Crippen molar-refractivity contribution in [3.63, 3.8) is 0 Å². The molecular weight excluding hydrogens is 377 g/mol. The molecule has 1 saturated carbocycles. The number of aromatic hydroxyl groups is 1. The third-order valence-corrected chi connectivity index (χ3v) is 6.02. The molecule has 0 unspecified atom stereocenters. The topological polar surface area (TPSA) is 93.1 Å². The lowest BCUT2D eigenvalue weighted by molar-refractivity contribution is -0.0501. The Balaban J connectivity index is 2.03. The van der Waals surface area contributed by atoms with Gasteiger partial charge in [0.05, 0.1) is 6.10 Å². The molecule has 146 valence electrons. The molecule has 2 N–H and O–H groups in total. The summed E-state index contributed by atoms with van der Waals surface area (Å²) >= 11 is 0. The molecule has 3 rings (SSSR count). The number of hydrogen-bond donors (Lipinski definition) is 2. The molecule has 10 heteroatoms. The normalized spacial score (nSPS) is 27.8. The number of aliphatic hydroxyl groups excluding tert-OH is 1. The van der Waals surface area contributed by atoms with E-state index in [1.165, 1.54) is 0 Å². The lowest BCUT2D eigenvalue weighted by Gasteiger charge is -2.48. The third kappa shape index (κ3) is 3.20. The fourth-order valence-corrected chi connectivity index (χ4v) is 4.37. The van der Waals surface area contributed by atoms with Crippen LogP contribution in [0.25, 0.3) is 0 Å². The lowest BCUT2D eigenvalue weighted by Crippen LogP contribution is -2.47. The van der Waals surface area contributed by atoms with Gasteiger partial charge in [-0.05, 0) is 33.1 Å². The minimum atomic E-state index is -5.86. The number of benzene rings is 1. The molecule has 1 heterocycles. The molecule has 0 spiro atoms. The van der Waals surface area contributed by atoms with Gasteiger partial charge in [0.2, 0.25) is 0 Å². The van der Waals surface area contributed by atoms with Crippen molar-refractivity contribution in [3.05, 3.63) is 17.7 Å². The Labute approximate surface area is 148 Å². The highest BCUT2D eigenvalue weighted by Crippen LogP contribution is 2.55. The van der Waals surface area contributed by atoms with Crippen molar-refractivity contribution in [2.75, 3.05) is 0 Å². The van der Waals surface area contributed by atoms with Crippen LogP contribution in [0.2, 0.25) is 0 Å². The van der Waals surface area contributed by atoms with E-state index in [1.807, 2.05) is 13.8 Å². The Bertz CT molecular complexity index is 818. The first-order valence-electron chi connectivity index (χ1n) is 8.06. The highest BCUT2D eigenvalue weighted by atomic mass is 32.2. The van der Waals surface area contributed by atoms with Gasteiger partial charge in [-0.2, -0.15) is 21.6 Å². The second-order valence-corrected chi connectivity index (χ2v) is 8.76. The first kappa shape index (κ1) is 19.1. The largest absolute Gasteiger partial charge is 0.534 e. The highest BCUT2D eigenvalue weighted by molar-refractivity contribution is 7.88. The van der Waals surface area contributed by atoms with E-state index in [-0.39, 0.29) is 17.6 Å². The average molecular weight is 396 g/mol. The number of phenolic OH excluding ortho intramolecular Hbond substituents is 1. The van der Waals surface area contributed by atoms with E-state index in [4.69, 9.17) is 4.74 Å². The predicted octanol–water partition coefficient (Wildman–Crippen LogP) is 3.04. The van der Waals surface area contributed by atoms with Gasteiger partial charge in [-0.3, -0.25) is 0 Å². The van der Waals surface area contributed by atoms with Gasteiger partial charge in [-0.25, -0.2) is 0 Å². The third-order valence-electron chi connectivity index (χ3n) is 5.04. The molecule has 0 saturated heterocycles. The van der Waals surface area contributed by atoms with Crippen LogP contribution >= 0.6 is 0 Å². The first-order valence-corrected chi connectivity index (χ1v) is 9.47. The Morgan fingerprint density at radius 1 is 1.27 bits per heavy atom. The lowest BCUT2D eigenvalue weighted by atomic mass is 9.66. The molecule has 1 fully saturated rings. The van der Waals surface area contributed by atoms with Crippen LogP contribution < -0.4 is 8.92 Å². The summed E-state index contributed by atoms with van der Waals surface area (Å²) in [5.41, 5.74) is -5.94. The van der Waals surface area contributed by atoms with E-state index in [9.17, 15) is 31.8 Å². The molecular formula is C16H19F3O6S. The Morgan fingerprint density at radius 3 is 2.54 bits per heavy atom. The number of alkyl halides is 3. The van der Waals surface area contributed by atoms with E-state index < -0.39 is 38.8 Å². The maximum atomic E-state index is 12.5. The van der Waals surface area contributed by atoms with Crippen LogP contribution in [0.1, 0.15) is 44.6 Å². The molecule has 2 aliphatic rings. The minimum absolute atomic E-state index is 0.00465. The monoisotopic (exact) mass is 396 g/mol. The summed E-state index contributed by atoms with van der Waals surface area (Å²) in [5, 5.41) is 20.3. The minimum Gasteiger partial charge on any atom is -0.507 e. The Morgan fingerprint density at radius 2 is 1.92 bits per heavy atom. The van der Waals surface area contributed by atoms with Crippen LogP contribution in [0.15, 0.2) is 12.1 Å². The molecule has 26 heavy (non-hydrogen) atoms. The van der Waals surface area contributed by atoms with Gasteiger partial charge >= 0.3 is 15.6 Å². The average Bonchev–Trinajstić information content (AvgIpc) is 2.43. The van der Waals surface area contributed by atoms with Crippen molar-refractivity contribution in [2.24, 2.45) is 5.92 Å². The summed E-state index contributed by atoms with van der Waals surface area (Å²) in [5.74, 6) is -1.32. The zero-order chi connectivity index (χ0) is 19.5. The maximum Gasteiger partial charge on any atom is 0.534 e. The number of fused-ring (bicyclic) bond motifs is 3. The van der Waals surface area contributed by atoms with Crippen molar-refractivity contribution in [1.82, 2.24) is 0 Å². The Hall–Kier alpha value is -1.68. The van der Waals surface area contributed by atoms with Gasteiger partial charge in [0.25, 0.3) is 0 Å². The van der Waals surface area contributed by atoms with Crippen molar-refractivity contribution >= 4 is 10.1 Å². The number of phenols is 1. The van der Waals surface area contributed by atoms with Gasteiger partial charge in [0.1, 0.15) is 22.8 Å². The molecule has 1 aromatic carbocycles. The molecule has 0 radical (unpaired) electrons. The molecule has 0 aromatic heterocycles. The first-order chi connectivity index (χ1) is 11.8. The van der Waals surface area contributed by atoms with Gasteiger partial charge in [0, 0.05) is 29.5 Å². The van der Waals surface area contributed by atoms with Crippen molar-refractivity contribution in [3.8, 4) is 17.2 Å². The number of ether oxygens (including phenoxy) is 1. The summed E-state index contributed by atoms with van der Waals surface area (Å²) in [6, 6.07) is 1.85. The summed E-state index contributed by atoms with van der Waals surface area (Å²) in [6.07, 6.45) is 1.07. The van der Waals surface area contributed by atoms with Crippen LogP contribution in [0.3, 0.4) is 0 Å². The molecule has 0 bridgehead atoms. The van der Waals surface area contributed by atoms with Crippen LogP contribution in [0.4, 0.5) is 13.2 Å². The number of rotatable bonds is 2. The van der Waals surface area contributed by atoms with E-state index >= 15 is 0 Å². The number of hydrogen-bond acceptors (Lipinski definition) is 6. The quantitative estimate of drug-likeness (QED) is 0.590. The highest BCUT2D eigenvalue weighted by Gasteiger charge is 2.50. The van der Waals surface area contributed by atoms with Gasteiger partial charge < -0.3 is 19.1 Å². The smallest absolute Gasteiger partial charge is 0.507 e. The van der Waals surface area contributed by atoms with Crippen LogP contribution in [0, 0.1) is 5.92 Å². The van der Waals surface area contributed by atoms with Crippen LogP contribution in [-0.4, -0.2) is 35.8 Å². The summed E-state index contributed by atoms with van der Waals surface area (Å²) in [6.45, 7) is 3.62. The second kappa shape index (κ2) is 5.91. The maximum absolute atomic E-state index is 12.5. The van der Waals surface area contributed by atoms with Gasteiger partial charge in [-0.1, -0.05) is 0 Å². The van der Waals surface area contributed by atoms with Crippen molar-refractivity contribution < 1.29 is 40.7 Å². The van der Waals surface area contributed by atoms with Crippen LogP contribution in [0.5, 0.6) is 17.2 Å². The molecule has 1 aromatic rings. The number of aliphatic hydroxyl groups is 1. The fraction of sp³-hybridized carbons (Fsp3) is 0.625. The number of halogens is 3. The van der Waals surface area contributed by atoms with Gasteiger partial charge in [0.15, 0.2) is 0 Å². The molecule has 1 aliphatic heterocycles. The van der Waals surface area contributed by atoms with E-state index in [0.29, 0.717) is 24.8 Å². The second-order valence-electron chi connectivity index (χ2n) is 7.22. The zero-order valence-corrected chi connectivity index (χ0v) is 14.9.